The van der Waals surface area contributed by atoms with E-state index in [0.717, 1.165) is 12.8 Å². The van der Waals surface area contributed by atoms with Crippen molar-refractivity contribution >= 4 is 21.6 Å². The lowest BCUT2D eigenvalue weighted by Gasteiger charge is -2.30. The zero-order chi connectivity index (χ0) is 15.9. The molecule has 1 fully saturated rings. The minimum Gasteiger partial charge on any atom is -0.479 e. The summed E-state index contributed by atoms with van der Waals surface area (Å²) in [6, 6.07) is 4.60. The lowest BCUT2D eigenvalue weighted by atomic mass is 10.0. The summed E-state index contributed by atoms with van der Waals surface area (Å²) in [6.07, 6.45) is 1.32. The van der Waals surface area contributed by atoms with Crippen molar-refractivity contribution in [3.63, 3.8) is 0 Å². The molecule has 2 aliphatic heterocycles. The molecule has 0 unspecified atom stereocenters. The highest BCUT2D eigenvalue weighted by Gasteiger charge is 2.31. The molecule has 0 spiro atoms. The predicted octanol–water partition coefficient (Wildman–Crippen LogP) is 1.83. The van der Waals surface area contributed by atoms with Gasteiger partial charge in [-0.3, -0.25) is 4.79 Å². The zero-order valence-electron chi connectivity index (χ0n) is 12.7. The van der Waals surface area contributed by atoms with Gasteiger partial charge in [0.2, 0.25) is 10.0 Å². The van der Waals surface area contributed by atoms with E-state index in [1.165, 1.54) is 16.4 Å². The van der Waals surface area contributed by atoms with E-state index < -0.39 is 16.1 Å². The second kappa shape index (κ2) is 5.55. The lowest BCUT2D eigenvalue weighted by molar-refractivity contribution is -0.122. The molecule has 1 aromatic rings. The van der Waals surface area contributed by atoms with Crippen LogP contribution in [0.5, 0.6) is 5.75 Å². The number of ether oxygens (including phenoxy) is 1. The first-order chi connectivity index (χ1) is 10.4. The molecule has 120 valence electrons. The van der Waals surface area contributed by atoms with Crippen molar-refractivity contribution in [2.24, 2.45) is 5.92 Å². The summed E-state index contributed by atoms with van der Waals surface area (Å²) >= 11 is 0. The number of fused-ring (bicyclic) bond motifs is 1. The minimum atomic E-state index is -3.52. The monoisotopic (exact) mass is 324 g/mol. The van der Waals surface area contributed by atoms with Crippen molar-refractivity contribution in [3.8, 4) is 5.75 Å². The van der Waals surface area contributed by atoms with E-state index >= 15 is 0 Å². The molecule has 7 heteroatoms. The molecule has 0 saturated carbocycles. The van der Waals surface area contributed by atoms with Gasteiger partial charge in [-0.25, -0.2) is 8.42 Å². The number of rotatable bonds is 2. The zero-order valence-corrected chi connectivity index (χ0v) is 13.5. The molecule has 2 heterocycles. The third kappa shape index (κ3) is 2.70. The number of benzene rings is 1. The first-order valence-electron chi connectivity index (χ1n) is 7.49. The number of nitrogens with one attached hydrogen (secondary N) is 1. The number of carbonyl (C=O) groups excluding carboxylic acids is 1. The van der Waals surface area contributed by atoms with Crippen molar-refractivity contribution in [2.45, 2.75) is 37.7 Å². The fourth-order valence-electron chi connectivity index (χ4n) is 2.86. The Morgan fingerprint density at radius 1 is 1.32 bits per heavy atom. The Kier molecular flexibility index (Phi) is 3.86. The molecule has 1 aromatic carbocycles. The first kappa shape index (κ1) is 15.3. The highest BCUT2D eigenvalue weighted by atomic mass is 32.2. The summed E-state index contributed by atoms with van der Waals surface area (Å²) in [5, 5.41) is 2.70. The summed E-state index contributed by atoms with van der Waals surface area (Å²) in [4.78, 5) is 11.8. The van der Waals surface area contributed by atoms with Gasteiger partial charge in [0.05, 0.1) is 10.6 Å². The van der Waals surface area contributed by atoms with Crippen LogP contribution >= 0.6 is 0 Å². The number of amides is 1. The van der Waals surface area contributed by atoms with E-state index in [9.17, 15) is 13.2 Å². The number of anilines is 1. The lowest BCUT2D eigenvalue weighted by Crippen LogP contribution is -2.39. The molecule has 1 saturated heterocycles. The smallest absolute Gasteiger partial charge is 0.265 e. The van der Waals surface area contributed by atoms with Crippen molar-refractivity contribution in [1.29, 1.82) is 0 Å². The number of sulfonamides is 1. The van der Waals surface area contributed by atoms with Gasteiger partial charge in [-0.15, -0.1) is 0 Å². The molecule has 0 aromatic heterocycles. The Morgan fingerprint density at radius 2 is 2.09 bits per heavy atom. The van der Waals surface area contributed by atoms with Crippen molar-refractivity contribution in [3.05, 3.63) is 18.2 Å². The molecule has 2 atom stereocenters. The fourth-order valence-corrected chi connectivity index (χ4v) is 4.47. The molecule has 6 nitrogen and oxygen atoms in total. The van der Waals surface area contributed by atoms with Crippen LogP contribution in [0.3, 0.4) is 0 Å². The normalized spacial score (nSPS) is 26.0. The summed E-state index contributed by atoms with van der Waals surface area (Å²) < 4.78 is 32.5. The van der Waals surface area contributed by atoms with Gasteiger partial charge >= 0.3 is 0 Å². The Hall–Kier alpha value is -1.60. The van der Waals surface area contributed by atoms with Crippen LogP contribution in [0.15, 0.2) is 23.1 Å². The van der Waals surface area contributed by atoms with E-state index in [2.05, 4.69) is 12.2 Å². The van der Waals surface area contributed by atoms with Crippen LogP contribution in [0.1, 0.15) is 26.7 Å². The van der Waals surface area contributed by atoms with Crippen molar-refractivity contribution in [2.75, 3.05) is 18.4 Å². The van der Waals surface area contributed by atoms with Crippen LogP contribution in [0, 0.1) is 5.92 Å². The number of hydrogen-bond donors (Lipinski definition) is 1. The molecule has 0 aliphatic carbocycles. The molecule has 0 radical (unpaired) electrons. The first-order valence-corrected chi connectivity index (χ1v) is 8.93. The number of hydrogen-bond acceptors (Lipinski definition) is 4. The number of piperidine rings is 1. The maximum absolute atomic E-state index is 12.7. The highest BCUT2D eigenvalue weighted by Crippen LogP contribution is 2.33. The third-order valence-corrected chi connectivity index (χ3v) is 6.00. The van der Waals surface area contributed by atoms with E-state index in [0.29, 0.717) is 30.4 Å². The maximum Gasteiger partial charge on any atom is 0.265 e. The molecular formula is C15H20N2O4S. The molecular weight excluding hydrogens is 304 g/mol. The topological polar surface area (TPSA) is 75.7 Å². The van der Waals surface area contributed by atoms with Gasteiger partial charge in [0, 0.05) is 19.2 Å². The summed E-state index contributed by atoms with van der Waals surface area (Å²) in [6.45, 7) is 4.80. The average Bonchev–Trinajstić information content (AvgIpc) is 2.48. The highest BCUT2D eigenvalue weighted by molar-refractivity contribution is 7.89. The number of nitrogens with zero attached hydrogens (tertiary/aromatic N) is 1. The molecule has 1 N–H and O–H groups in total. The minimum absolute atomic E-state index is 0.212. The molecule has 22 heavy (non-hydrogen) atoms. The third-order valence-electron chi connectivity index (χ3n) is 4.14. The summed E-state index contributed by atoms with van der Waals surface area (Å²) in [5.74, 6) is 0.544. The second-order valence-corrected chi connectivity index (χ2v) is 7.96. The summed E-state index contributed by atoms with van der Waals surface area (Å²) in [7, 11) is -3.52. The fraction of sp³-hybridized carbons (Fsp3) is 0.533. The maximum atomic E-state index is 12.7. The van der Waals surface area contributed by atoms with Gasteiger partial charge in [-0.1, -0.05) is 6.92 Å². The van der Waals surface area contributed by atoms with Crippen LogP contribution in [-0.2, 0) is 14.8 Å². The van der Waals surface area contributed by atoms with Crippen LogP contribution in [0.4, 0.5) is 5.69 Å². The average molecular weight is 324 g/mol. The molecule has 3 rings (SSSR count). The van der Waals surface area contributed by atoms with Gasteiger partial charge in [0.1, 0.15) is 5.75 Å². The SMILES string of the molecule is C[C@@H]1CCCN(S(=O)(=O)c2ccc3c(c2)O[C@H](C)C(=O)N3)C1. The molecule has 1 amide bonds. The second-order valence-electron chi connectivity index (χ2n) is 6.02. The number of carbonyl (C=O) groups is 1. The Balaban J connectivity index is 1.92. The van der Waals surface area contributed by atoms with Gasteiger partial charge < -0.3 is 10.1 Å². The van der Waals surface area contributed by atoms with Gasteiger partial charge in [-0.05, 0) is 37.8 Å². The molecule has 2 aliphatic rings. The van der Waals surface area contributed by atoms with Crippen molar-refractivity contribution in [1.82, 2.24) is 4.31 Å². The standard InChI is InChI=1S/C15H20N2O4S/c1-10-4-3-7-17(9-10)22(19,20)12-5-6-13-14(8-12)21-11(2)15(18)16-13/h5-6,8,10-11H,3-4,7,9H2,1-2H3,(H,16,18)/t10-,11-/m1/s1. The van der Waals surface area contributed by atoms with E-state index in [1.54, 1.807) is 13.0 Å². The van der Waals surface area contributed by atoms with Gasteiger partial charge in [-0.2, -0.15) is 4.31 Å². The molecule has 0 bridgehead atoms. The Labute approximate surface area is 130 Å². The van der Waals surface area contributed by atoms with Crippen LogP contribution in [0.25, 0.3) is 0 Å². The predicted molar refractivity (Wildman–Crippen MR) is 82.3 cm³/mol. The van der Waals surface area contributed by atoms with Gasteiger partial charge in [0.25, 0.3) is 5.91 Å². The van der Waals surface area contributed by atoms with Crippen LogP contribution in [-0.4, -0.2) is 37.8 Å². The van der Waals surface area contributed by atoms with Crippen molar-refractivity contribution < 1.29 is 17.9 Å². The van der Waals surface area contributed by atoms with Crippen LogP contribution in [0.2, 0.25) is 0 Å². The van der Waals surface area contributed by atoms with Crippen LogP contribution < -0.4 is 10.1 Å². The van der Waals surface area contributed by atoms with E-state index in [1.807, 2.05) is 0 Å². The Bertz CT molecular complexity index is 701. The van der Waals surface area contributed by atoms with E-state index in [4.69, 9.17) is 4.74 Å². The largest absolute Gasteiger partial charge is 0.479 e. The Morgan fingerprint density at radius 3 is 2.82 bits per heavy atom. The van der Waals surface area contributed by atoms with E-state index in [-0.39, 0.29) is 10.8 Å². The van der Waals surface area contributed by atoms with Gasteiger partial charge in [0.15, 0.2) is 6.10 Å². The summed E-state index contributed by atoms with van der Waals surface area (Å²) in [5.41, 5.74) is 0.508. The quantitative estimate of drug-likeness (QED) is 0.900.